The number of aliphatic hydroxyl groups excluding tert-OH is 4. The second-order valence-corrected chi connectivity index (χ2v) is 9.62. The second kappa shape index (κ2) is 7.48. The van der Waals surface area contributed by atoms with Crippen molar-refractivity contribution in [1.82, 2.24) is 19.4 Å². The van der Waals surface area contributed by atoms with Gasteiger partial charge >= 0.3 is 0 Å². The summed E-state index contributed by atoms with van der Waals surface area (Å²) < 4.78 is 7.82. The zero-order chi connectivity index (χ0) is 24.9. The van der Waals surface area contributed by atoms with Gasteiger partial charge in [0.15, 0.2) is 6.23 Å². The molecule has 5 aromatic rings. The highest BCUT2D eigenvalue weighted by Crippen LogP contribution is 2.46. The second-order valence-electron chi connectivity index (χ2n) is 9.62. The number of hydrogen-bond acceptors (Lipinski definition) is 7. The first-order chi connectivity index (χ1) is 17.4. The Morgan fingerprint density at radius 2 is 1.83 bits per heavy atom. The van der Waals surface area contributed by atoms with Crippen LogP contribution in [0.4, 0.5) is 0 Å². The molecule has 0 spiro atoms. The minimum atomic E-state index is -1.53. The van der Waals surface area contributed by atoms with Crippen LogP contribution in [0.2, 0.25) is 0 Å². The van der Waals surface area contributed by atoms with E-state index in [1.807, 2.05) is 36.4 Å². The molecule has 0 unspecified atom stereocenters. The first-order valence-electron chi connectivity index (χ1n) is 11.8. The fraction of sp³-hybridized carbons (Fsp3) is 0.308. The number of rotatable bonds is 2. The lowest BCUT2D eigenvalue weighted by Crippen LogP contribution is -2.56. The monoisotopic (exact) mass is 488 g/mol. The molecule has 10 heteroatoms. The smallest absolute Gasteiger partial charge is 0.254 e. The van der Waals surface area contributed by atoms with Crippen molar-refractivity contribution in [2.45, 2.75) is 37.2 Å². The zero-order valence-corrected chi connectivity index (χ0v) is 19.3. The summed E-state index contributed by atoms with van der Waals surface area (Å²) in [6.07, 6.45) is -4.97. The van der Waals surface area contributed by atoms with Crippen molar-refractivity contribution in [3.63, 3.8) is 0 Å². The van der Waals surface area contributed by atoms with E-state index in [9.17, 15) is 25.2 Å². The highest BCUT2D eigenvalue weighted by atomic mass is 16.6. The molecule has 2 aliphatic heterocycles. The molecule has 5 N–H and O–H groups in total. The van der Waals surface area contributed by atoms with Gasteiger partial charge in [0.05, 0.1) is 28.7 Å². The number of benzene rings is 2. The van der Waals surface area contributed by atoms with Gasteiger partial charge in [-0.3, -0.25) is 4.79 Å². The van der Waals surface area contributed by atoms with Gasteiger partial charge in [-0.2, -0.15) is 0 Å². The normalized spacial score (nSPS) is 26.6. The third kappa shape index (κ3) is 2.62. The number of carbonyl (C=O) groups is 1. The van der Waals surface area contributed by atoms with Crippen molar-refractivity contribution in [2.75, 3.05) is 13.7 Å². The molecule has 1 fully saturated rings. The standard InChI is InChI=1S/C26H24N4O6/c1-29-9-13-16-11-5-2-3-7-14(11)30(26-23(34)22(33)21(32)15(10-31)36-26)20(16)19-17(18(13)25(29)35)12-6-4-8-27-24(12)28-19/h2-8,15,21-23,26,31-34H,9-10H2,1H3,(H,27,28)/t15-,21-,22+,23-,26-/m1/s1. The van der Waals surface area contributed by atoms with Crippen LogP contribution in [-0.2, 0) is 11.3 Å². The summed E-state index contributed by atoms with van der Waals surface area (Å²) in [5, 5.41) is 45.1. The van der Waals surface area contributed by atoms with Crippen LogP contribution < -0.4 is 0 Å². The van der Waals surface area contributed by atoms with E-state index in [0.717, 1.165) is 32.6 Å². The number of aromatic amines is 1. The van der Waals surface area contributed by atoms with Gasteiger partial charge in [-0.05, 0) is 23.8 Å². The van der Waals surface area contributed by atoms with E-state index in [4.69, 9.17) is 4.74 Å². The zero-order valence-electron chi connectivity index (χ0n) is 19.3. The molecule has 0 aliphatic carbocycles. The van der Waals surface area contributed by atoms with Gasteiger partial charge in [-0.15, -0.1) is 0 Å². The number of ether oxygens (including phenoxy) is 1. The molecule has 0 radical (unpaired) electrons. The maximum atomic E-state index is 13.4. The van der Waals surface area contributed by atoms with E-state index >= 15 is 0 Å². The van der Waals surface area contributed by atoms with E-state index in [1.54, 1.807) is 22.7 Å². The number of nitrogens with one attached hydrogen (secondary N) is 1. The Kier molecular flexibility index (Phi) is 4.51. The molecule has 2 aromatic carbocycles. The van der Waals surface area contributed by atoms with Crippen LogP contribution in [-0.4, -0.2) is 83.8 Å². The fourth-order valence-corrected chi connectivity index (χ4v) is 6.00. The Labute approximate surface area is 203 Å². The van der Waals surface area contributed by atoms with Crippen LogP contribution >= 0.6 is 0 Å². The van der Waals surface area contributed by atoms with Crippen LogP contribution in [0.5, 0.6) is 0 Å². The topological polar surface area (TPSA) is 144 Å². The van der Waals surface area contributed by atoms with Crippen molar-refractivity contribution in [2.24, 2.45) is 0 Å². The third-order valence-electron chi connectivity index (χ3n) is 7.65. The molecule has 5 atom stereocenters. The molecular formula is C26H24N4O6. The molecule has 10 nitrogen and oxygen atoms in total. The average molecular weight is 489 g/mol. The number of fused-ring (bicyclic) bond motifs is 10. The average Bonchev–Trinajstić information content (AvgIpc) is 3.53. The van der Waals surface area contributed by atoms with Crippen LogP contribution in [0.3, 0.4) is 0 Å². The van der Waals surface area contributed by atoms with E-state index in [-0.39, 0.29) is 5.91 Å². The van der Waals surface area contributed by atoms with Crippen LogP contribution in [0.25, 0.3) is 43.7 Å². The Balaban J connectivity index is 1.68. The van der Waals surface area contributed by atoms with Crippen LogP contribution in [0, 0.1) is 0 Å². The van der Waals surface area contributed by atoms with Gasteiger partial charge in [0, 0.05) is 41.3 Å². The van der Waals surface area contributed by atoms with Crippen LogP contribution in [0.15, 0.2) is 42.6 Å². The predicted molar refractivity (Wildman–Crippen MR) is 131 cm³/mol. The van der Waals surface area contributed by atoms with Crippen LogP contribution in [0.1, 0.15) is 22.1 Å². The van der Waals surface area contributed by atoms with E-state index in [2.05, 4.69) is 9.97 Å². The minimum Gasteiger partial charge on any atom is -0.394 e. The number of para-hydroxylation sites is 1. The Hall–Kier alpha value is -3.54. The lowest BCUT2D eigenvalue weighted by molar-refractivity contribution is -0.249. The molecule has 0 saturated carbocycles. The Bertz CT molecular complexity index is 1710. The van der Waals surface area contributed by atoms with Gasteiger partial charge in [-0.1, -0.05) is 18.2 Å². The summed E-state index contributed by atoms with van der Waals surface area (Å²) >= 11 is 0. The quantitative estimate of drug-likeness (QED) is 0.253. The van der Waals surface area contributed by atoms with Gasteiger partial charge < -0.3 is 39.6 Å². The van der Waals surface area contributed by atoms with E-state index in [0.29, 0.717) is 28.8 Å². The molecule has 0 bridgehead atoms. The highest BCUT2D eigenvalue weighted by Gasteiger charge is 2.46. The lowest BCUT2D eigenvalue weighted by atomic mass is 9.97. The molecule has 5 heterocycles. The first kappa shape index (κ1) is 21.7. The number of nitrogens with zero attached hydrogens (tertiary/aromatic N) is 3. The predicted octanol–water partition coefficient (Wildman–Crippen LogP) is 1.38. The first-order valence-corrected chi connectivity index (χ1v) is 11.8. The number of amides is 1. The summed E-state index contributed by atoms with van der Waals surface area (Å²) in [5.41, 5.74) is 4.19. The molecule has 2 aliphatic rings. The molecule has 7 rings (SSSR count). The third-order valence-corrected chi connectivity index (χ3v) is 7.65. The van der Waals surface area contributed by atoms with Crippen molar-refractivity contribution < 1.29 is 30.0 Å². The molecule has 1 amide bonds. The number of carbonyl (C=O) groups excluding carboxylic acids is 1. The summed E-state index contributed by atoms with van der Waals surface area (Å²) in [6, 6.07) is 11.3. The molecule has 184 valence electrons. The van der Waals surface area contributed by atoms with Gasteiger partial charge in [0.25, 0.3) is 5.91 Å². The maximum Gasteiger partial charge on any atom is 0.254 e. The van der Waals surface area contributed by atoms with Crippen molar-refractivity contribution in [3.8, 4) is 0 Å². The van der Waals surface area contributed by atoms with Crippen molar-refractivity contribution in [3.05, 3.63) is 53.7 Å². The van der Waals surface area contributed by atoms with E-state index < -0.39 is 37.3 Å². The molecule has 1 saturated heterocycles. The molecule has 3 aromatic heterocycles. The summed E-state index contributed by atoms with van der Waals surface area (Å²) in [7, 11) is 1.77. The SMILES string of the molecule is CN1Cc2c(c3c4cccnc4[nH]c3c3c2c2ccccc2n3[C@@H]2O[C@H](CO)[C@@H](O)[C@H](O)[C@H]2O)C1=O. The van der Waals surface area contributed by atoms with Crippen molar-refractivity contribution in [1.29, 1.82) is 0 Å². The molecule has 36 heavy (non-hydrogen) atoms. The lowest BCUT2D eigenvalue weighted by Gasteiger charge is -2.41. The number of H-pyrrole nitrogens is 1. The van der Waals surface area contributed by atoms with Crippen molar-refractivity contribution >= 4 is 49.6 Å². The Morgan fingerprint density at radius 3 is 2.64 bits per heavy atom. The number of hydrogen-bond donors (Lipinski definition) is 5. The number of aromatic nitrogens is 3. The number of pyridine rings is 1. The largest absolute Gasteiger partial charge is 0.394 e. The van der Waals surface area contributed by atoms with Gasteiger partial charge in [0.1, 0.15) is 30.1 Å². The minimum absolute atomic E-state index is 0.0775. The number of aliphatic hydroxyl groups is 4. The summed E-state index contributed by atoms with van der Waals surface area (Å²) in [5.74, 6) is -0.0775. The van der Waals surface area contributed by atoms with E-state index in [1.165, 1.54) is 0 Å². The van der Waals surface area contributed by atoms with Gasteiger partial charge in [0.2, 0.25) is 0 Å². The summed E-state index contributed by atoms with van der Waals surface area (Å²) in [6.45, 7) is -0.116. The molecular weight excluding hydrogens is 464 g/mol. The maximum absolute atomic E-state index is 13.4. The summed E-state index contributed by atoms with van der Waals surface area (Å²) in [4.78, 5) is 22.9. The highest BCUT2D eigenvalue weighted by molar-refractivity contribution is 6.30. The van der Waals surface area contributed by atoms with Gasteiger partial charge in [-0.25, -0.2) is 4.98 Å². The Morgan fingerprint density at radius 1 is 1.06 bits per heavy atom. The fourth-order valence-electron chi connectivity index (χ4n) is 6.00.